The molecule has 0 aliphatic heterocycles. The van der Waals surface area contributed by atoms with Crippen molar-refractivity contribution in [1.82, 2.24) is 0 Å². The van der Waals surface area contributed by atoms with Crippen molar-refractivity contribution in [3.8, 4) is 0 Å². The first-order valence-corrected chi connectivity index (χ1v) is 5.37. The molecule has 17 heavy (non-hydrogen) atoms. The lowest BCUT2D eigenvalue weighted by molar-refractivity contribution is 0.559. The van der Waals surface area contributed by atoms with Crippen LogP contribution in [0.2, 0.25) is 5.22 Å². The van der Waals surface area contributed by atoms with Crippen LogP contribution in [-0.4, -0.2) is 0 Å². The quantitative estimate of drug-likeness (QED) is 0.915. The summed E-state index contributed by atoms with van der Waals surface area (Å²) in [6.07, 6.45) is 1.71. The fraction of sp³-hybridized carbons (Fsp3) is 0.167. The van der Waals surface area contributed by atoms with Gasteiger partial charge in [0, 0.05) is 17.7 Å². The second-order valence-corrected chi connectivity index (χ2v) is 4.08. The van der Waals surface area contributed by atoms with Crippen LogP contribution in [0.25, 0.3) is 0 Å². The zero-order chi connectivity index (χ0) is 12.4. The van der Waals surface area contributed by atoms with Crippen LogP contribution < -0.4 is 5.73 Å². The predicted molar refractivity (Wildman–Crippen MR) is 60.7 cm³/mol. The summed E-state index contributed by atoms with van der Waals surface area (Å²) in [6.45, 7) is 0. The average Bonchev–Trinajstić information content (AvgIpc) is 2.62. The van der Waals surface area contributed by atoms with Crippen molar-refractivity contribution in [2.45, 2.75) is 12.5 Å². The van der Waals surface area contributed by atoms with Gasteiger partial charge in [-0.3, -0.25) is 0 Å². The molecule has 0 aliphatic rings. The molecule has 2 aromatic rings. The Balaban J connectivity index is 2.18. The molecule has 0 aliphatic carbocycles. The highest BCUT2D eigenvalue weighted by Gasteiger charge is 2.14. The van der Waals surface area contributed by atoms with Gasteiger partial charge in [0.1, 0.15) is 11.6 Å². The van der Waals surface area contributed by atoms with E-state index in [1.807, 2.05) is 0 Å². The third-order valence-electron chi connectivity index (χ3n) is 2.42. The molecule has 0 saturated carbocycles. The SMILES string of the molecule is NC(Cc1cc(F)cc(F)c1)c1ccoc1Cl. The van der Waals surface area contributed by atoms with Crippen molar-refractivity contribution in [3.63, 3.8) is 0 Å². The number of hydrogen-bond donors (Lipinski definition) is 1. The summed E-state index contributed by atoms with van der Waals surface area (Å²) in [6, 6.07) is 4.50. The molecular weight excluding hydrogens is 248 g/mol. The van der Waals surface area contributed by atoms with E-state index in [0.717, 1.165) is 6.07 Å². The monoisotopic (exact) mass is 257 g/mol. The minimum Gasteiger partial charge on any atom is -0.453 e. The van der Waals surface area contributed by atoms with E-state index < -0.39 is 17.7 Å². The Morgan fingerprint density at radius 2 is 1.88 bits per heavy atom. The summed E-state index contributed by atoms with van der Waals surface area (Å²) in [5.74, 6) is -1.24. The molecule has 5 heteroatoms. The smallest absolute Gasteiger partial charge is 0.197 e. The Labute approximate surface area is 102 Å². The molecule has 90 valence electrons. The van der Waals surface area contributed by atoms with Crippen LogP contribution in [0.4, 0.5) is 8.78 Å². The van der Waals surface area contributed by atoms with E-state index in [1.54, 1.807) is 6.07 Å². The minimum atomic E-state index is -0.620. The molecule has 0 amide bonds. The lowest BCUT2D eigenvalue weighted by Crippen LogP contribution is -2.13. The van der Waals surface area contributed by atoms with Gasteiger partial charge in [-0.25, -0.2) is 8.78 Å². The Morgan fingerprint density at radius 1 is 1.24 bits per heavy atom. The van der Waals surface area contributed by atoms with Crippen molar-refractivity contribution >= 4 is 11.6 Å². The maximum absolute atomic E-state index is 13.0. The highest BCUT2D eigenvalue weighted by molar-refractivity contribution is 6.29. The molecule has 0 spiro atoms. The molecule has 0 bridgehead atoms. The van der Waals surface area contributed by atoms with E-state index in [-0.39, 0.29) is 11.6 Å². The summed E-state index contributed by atoms with van der Waals surface area (Å²) in [5, 5.41) is 0.203. The Bertz CT molecular complexity index is 507. The maximum Gasteiger partial charge on any atom is 0.197 e. The largest absolute Gasteiger partial charge is 0.453 e. The predicted octanol–water partition coefficient (Wildman–Crippen LogP) is 3.45. The normalized spacial score (nSPS) is 12.7. The highest BCUT2D eigenvalue weighted by Crippen LogP contribution is 2.25. The lowest BCUT2D eigenvalue weighted by atomic mass is 10.0. The van der Waals surface area contributed by atoms with Crippen molar-refractivity contribution < 1.29 is 13.2 Å². The van der Waals surface area contributed by atoms with Gasteiger partial charge < -0.3 is 10.2 Å². The molecule has 1 heterocycles. The first-order valence-electron chi connectivity index (χ1n) is 4.99. The van der Waals surface area contributed by atoms with Gasteiger partial charge in [-0.2, -0.15) is 0 Å². The molecule has 1 atom stereocenters. The zero-order valence-electron chi connectivity index (χ0n) is 8.79. The van der Waals surface area contributed by atoms with Crippen LogP contribution in [0.15, 0.2) is 34.9 Å². The van der Waals surface area contributed by atoms with Crippen molar-refractivity contribution in [2.24, 2.45) is 5.73 Å². The topological polar surface area (TPSA) is 39.2 Å². The third kappa shape index (κ3) is 2.84. The summed E-state index contributed by atoms with van der Waals surface area (Å²) in [4.78, 5) is 0. The molecular formula is C12H10ClF2NO. The number of furan rings is 1. The van der Waals surface area contributed by atoms with Crippen LogP contribution >= 0.6 is 11.6 Å². The standard InChI is InChI=1S/C12H10ClF2NO/c13-12-10(1-2-17-12)11(16)5-7-3-8(14)6-9(15)4-7/h1-4,6,11H,5,16H2. The fourth-order valence-corrected chi connectivity index (χ4v) is 1.92. The van der Waals surface area contributed by atoms with E-state index >= 15 is 0 Å². The minimum absolute atomic E-state index is 0.203. The zero-order valence-corrected chi connectivity index (χ0v) is 9.55. The van der Waals surface area contributed by atoms with Crippen LogP contribution in [-0.2, 0) is 6.42 Å². The first-order chi connectivity index (χ1) is 8.06. The van der Waals surface area contributed by atoms with Gasteiger partial charge in [-0.1, -0.05) is 0 Å². The molecule has 0 radical (unpaired) electrons. The first kappa shape index (κ1) is 12.1. The summed E-state index contributed by atoms with van der Waals surface area (Å²) >= 11 is 5.77. The summed E-state index contributed by atoms with van der Waals surface area (Å²) < 4.78 is 30.9. The highest BCUT2D eigenvalue weighted by atomic mass is 35.5. The van der Waals surface area contributed by atoms with Crippen molar-refractivity contribution in [3.05, 3.63) is 58.5 Å². The van der Waals surface area contributed by atoms with Gasteiger partial charge in [-0.05, 0) is 41.8 Å². The summed E-state index contributed by atoms with van der Waals surface area (Å²) in [5.41, 5.74) is 6.98. The molecule has 2 N–H and O–H groups in total. The van der Waals surface area contributed by atoms with E-state index in [0.29, 0.717) is 11.1 Å². The van der Waals surface area contributed by atoms with Crippen LogP contribution in [0.5, 0.6) is 0 Å². The molecule has 2 nitrogen and oxygen atoms in total. The third-order valence-corrected chi connectivity index (χ3v) is 2.73. The van der Waals surface area contributed by atoms with E-state index in [1.165, 1.54) is 18.4 Å². The lowest BCUT2D eigenvalue weighted by Gasteiger charge is -2.10. The molecule has 1 aromatic carbocycles. The molecule has 0 fully saturated rings. The van der Waals surface area contributed by atoms with Crippen molar-refractivity contribution in [2.75, 3.05) is 0 Å². The van der Waals surface area contributed by atoms with Gasteiger partial charge in [0.15, 0.2) is 5.22 Å². The van der Waals surface area contributed by atoms with Crippen LogP contribution in [0.1, 0.15) is 17.2 Å². The van der Waals surface area contributed by atoms with Crippen LogP contribution in [0, 0.1) is 11.6 Å². The fourth-order valence-electron chi connectivity index (χ4n) is 1.66. The second-order valence-electron chi connectivity index (χ2n) is 3.74. The van der Waals surface area contributed by atoms with E-state index in [9.17, 15) is 8.78 Å². The maximum atomic E-state index is 13.0. The second kappa shape index (κ2) is 4.85. The van der Waals surface area contributed by atoms with Crippen molar-refractivity contribution in [1.29, 1.82) is 0 Å². The average molecular weight is 258 g/mol. The molecule has 0 saturated heterocycles. The number of benzene rings is 1. The number of rotatable bonds is 3. The van der Waals surface area contributed by atoms with E-state index in [4.69, 9.17) is 21.8 Å². The number of hydrogen-bond acceptors (Lipinski definition) is 2. The van der Waals surface area contributed by atoms with Gasteiger partial charge >= 0.3 is 0 Å². The molecule has 2 rings (SSSR count). The van der Waals surface area contributed by atoms with Gasteiger partial charge in [0.2, 0.25) is 0 Å². The Hall–Kier alpha value is -1.39. The molecule has 1 unspecified atom stereocenters. The summed E-state index contributed by atoms with van der Waals surface area (Å²) in [7, 11) is 0. The number of nitrogens with two attached hydrogens (primary N) is 1. The van der Waals surface area contributed by atoms with Gasteiger partial charge in [0.05, 0.1) is 6.26 Å². The molecule has 1 aromatic heterocycles. The Kier molecular flexibility index (Phi) is 3.45. The number of halogens is 3. The Morgan fingerprint density at radius 3 is 2.41 bits per heavy atom. The van der Waals surface area contributed by atoms with Gasteiger partial charge in [0.25, 0.3) is 0 Å². The van der Waals surface area contributed by atoms with Crippen LogP contribution in [0.3, 0.4) is 0 Å². The van der Waals surface area contributed by atoms with Gasteiger partial charge in [-0.15, -0.1) is 0 Å². The van der Waals surface area contributed by atoms with E-state index in [2.05, 4.69) is 0 Å².